The van der Waals surface area contributed by atoms with Crippen LogP contribution in [-0.4, -0.2) is 34.6 Å². The number of ether oxygens (including phenoxy) is 1. The van der Waals surface area contributed by atoms with Crippen molar-refractivity contribution in [2.45, 2.75) is 22.7 Å². The molecule has 3 heterocycles. The fraction of sp³-hybridized carbons (Fsp3) is 0.172. The Hall–Kier alpha value is -3.38. The minimum atomic E-state index is -0.774. The van der Waals surface area contributed by atoms with Crippen LogP contribution in [0.15, 0.2) is 87.1 Å². The first-order chi connectivity index (χ1) is 19.7. The fourth-order valence-corrected chi connectivity index (χ4v) is 8.31. The molecule has 4 aromatic rings. The van der Waals surface area contributed by atoms with Gasteiger partial charge in [-0.05, 0) is 66.2 Å². The molecule has 6 rings (SSSR count). The Labute approximate surface area is 256 Å². The van der Waals surface area contributed by atoms with Crippen molar-refractivity contribution in [3.63, 3.8) is 0 Å². The molecule has 0 bridgehead atoms. The molecule has 3 amide bonds. The Bertz CT molecular complexity index is 1720. The number of halogens is 2. The maximum Gasteiger partial charge on any atom is 0.308 e. The Kier molecular flexibility index (Phi) is 7.54. The summed E-state index contributed by atoms with van der Waals surface area (Å²) in [5.41, 5.74) is 1.80. The molecule has 0 radical (unpaired) electrons. The summed E-state index contributed by atoms with van der Waals surface area (Å²) in [7, 11) is 1.56. The third kappa shape index (κ3) is 5.12. The summed E-state index contributed by atoms with van der Waals surface area (Å²) in [4.78, 5) is 55.5. The van der Waals surface area contributed by atoms with Crippen molar-refractivity contribution in [1.29, 1.82) is 0 Å². The highest BCUT2D eigenvalue weighted by atomic mass is 79.9. The van der Waals surface area contributed by atoms with E-state index in [1.807, 2.05) is 12.1 Å². The summed E-state index contributed by atoms with van der Waals surface area (Å²) in [5.74, 6) is -1.72. The highest BCUT2D eigenvalue weighted by Crippen LogP contribution is 2.54. The number of hydrogen-bond acceptors (Lipinski definition) is 7. The van der Waals surface area contributed by atoms with Crippen LogP contribution in [0.2, 0.25) is 5.02 Å². The number of aromatic nitrogens is 1. The first-order valence-corrected chi connectivity index (χ1v) is 15.3. The van der Waals surface area contributed by atoms with Crippen molar-refractivity contribution in [3.8, 4) is 5.75 Å². The lowest BCUT2D eigenvalue weighted by atomic mass is 9.83. The van der Waals surface area contributed by atoms with E-state index in [1.165, 1.54) is 21.2 Å². The van der Waals surface area contributed by atoms with Crippen LogP contribution in [-0.2, 0) is 20.9 Å². The molecule has 1 aromatic heterocycles. The summed E-state index contributed by atoms with van der Waals surface area (Å²) >= 11 is 11.7. The number of rotatable bonds is 6. The van der Waals surface area contributed by atoms with Gasteiger partial charge in [0, 0.05) is 26.0 Å². The quantitative estimate of drug-likeness (QED) is 0.262. The summed E-state index contributed by atoms with van der Waals surface area (Å²) in [6, 6.07) is 20.9. The Balaban J connectivity index is 1.38. The third-order valence-electron chi connectivity index (χ3n) is 7.04. The lowest BCUT2D eigenvalue weighted by molar-refractivity contribution is -0.122. The second kappa shape index (κ2) is 11.1. The topological polar surface area (TPSA) is 97.7 Å². The predicted molar refractivity (Wildman–Crippen MR) is 163 cm³/mol. The van der Waals surface area contributed by atoms with Gasteiger partial charge >= 0.3 is 4.87 Å². The Morgan fingerprint density at radius 3 is 2.32 bits per heavy atom. The zero-order chi connectivity index (χ0) is 28.8. The first-order valence-electron chi connectivity index (χ1n) is 12.5. The van der Waals surface area contributed by atoms with E-state index in [2.05, 4.69) is 21.2 Å². The monoisotopic (exact) mass is 669 g/mol. The molecule has 3 aromatic carbocycles. The number of hydrogen-bond donors (Lipinski definition) is 1. The van der Waals surface area contributed by atoms with Crippen LogP contribution < -0.4 is 19.8 Å². The van der Waals surface area contributed by atoms with Gasteiger partial charge in [0.25, 0.3) is 0 Å². The van der Waals surface area contributed by atoms with Gasteiger partial charge in [0.15, 0.2) is 0 Å². The maximum absolute atomic E-state index is 13.9. The fourth-order valence-electron chi connectivity index (χ4n) is 5.15. The highest BCUT2D eigenvalue weighted by Gasteiger charge is 2.56. The maximum atomic E-state index is 13.9. The molecule has 2 aliphatic heterocycles. The average molecular weight is 671 g/mol. The first kappa shape index (κ1) is 27.8. The third-order valence-corrected chi connectivity index (χ3v) is 10.4. The number of carbonyl (C=O) groups is 3. The number of carbonyl (C=O) groups excluding carboxylic acids is 3. The molecule has 0 spiro atoms. The minimum Gasteiger partial charge on any atom is -0.497 e. The van der Waals surface area contributed by atoms with Crippen LogP contribution in [0.4, 0.5) is 11.4 Å². The van der Waals surface area contributed by atoms with Gasteiger partial charge in [-0.1, -0.05) is 62.8 Å². The highest BCUT2D eigenvalue weighted by molar-refractivity contribution is 9.10. The van der Waals surface area contributed by atoms with Crippen LogP contribution in [0.3, 0.4) is 0 Å². The average Bonchev–Trinajstić information content (AvgIpc) is 3.40. The van der Waals surface area contributed by atoms with Gasteiger partial charge in [0.1, 0.15) is 17.5 Å². The standard InChI is InChI=1S/C29H21BrClN3O5S2/c1-39-20-12-8-18(9-13-20)32-21(35)14-33-28-25(41-29(33)38)22(15-2-6-17(31)7-3-15)23-24(40-28)27(37)34(26(23)36)19-10-4-16(30)5-11-19/h2-13,22-24H,14H2,1H3,(H,32,35). The molecule has 1 saturated heterocycles. The van der Waals surface area contributed by atoms with Gasteiger partial charge < -0.3 is 10.1 Å². The molecule has 41 heavy (non-hydrogen) atoms. The number of thioether (sulfide) groups is 1. The molecule has 0 saturated carbocycles. The number of imide groups is 1. The SMILES string of the molecule is COc1ccc(NC(=O)Cn2c3c(sc2=O)C(c2ccc(Cl)cc2)C2C(=O)N(c4ccc(Br)cc4)C(=O)C2S3)cc1. The second-order valence-electron chi connectivity index (χ2n) is 9.48. The van der Waals surface area contributed by atoms with E-state index in [0.717, 1.165) is 21.4 Å². The van der Waals surface area contributed by atoms with Gasteiger partial charge in [-0.2, -0.15) is 0 Å². The van der Waals surface area contributed by atoms with E-state index >= 15 is 0 Å². The van der Waals surface area contributed by atoms with Crippen LogP contribution in [0.25, 0.3) is 0 Å². The number of fused-ring (bicyclic) bond motifs is 2. The van der Waals surface area contributed by atoms with Crippen LogP contribution in [0.1, 0.15) is 16.4 Å². The molecule has 1 fully saturated rings. The van der Waals surface area contributed by atoms with E-state index in [-0.39, 0.29) is 23.2 Å². The largest absolute Gasteiger partial charge is 0.497 e. The van der Waals surface area contributed by atoms with E-state index in [1.54, 1.807) is 67.8 Å². The molecule has 12 heteroatoms. The Morgan fingerprint density at radius 2 is 1.66 bits per heavy atom. The number of nitrogens with zero attached hydrogens (tertiary/aromatic N) is 2. The molecule has 1 N–H and O–H groups in total. The predicted octanol–water partition coefficient (Wildman–Crippen LogP) is 5.77. The van der Waals surface area contributed by atoms with E-state index < -0.39 is 23.0 Å². The van der Waals surface area contributed by atoms with Crippen molar-refractivity contribution >= 4 is 79.7 Å². The van der Waals surface area contributed by atoms with E-state index in [4.69, 9.17) is 16.3 Å². The molecule has 3 atom stereocenters. The van der Waals surface area contributed by atoms with Crippen LogP contribution in [0, 0.1) is 5.92 Å². The van der Waals surface area contributed by atoms with Crippen molar-refractivity contribution in [3.05, 3.63) is 102 Å². The zero-order valence-corrected chi connectivity index (χ0v) is 25.4. The lowest BCUT2D eigenvalue weighted by Crippen LogP contribution is -2.33. The molecule has 2 aliphatic rings. The number of nitrogens with one attached hydrogen (secondary N) is 1. The van der Waals surface area contributed by atoms with E-state index in [0.29, 0.717) is 32.1 Å². The summed E-state index contributed by atoms with van der Waals surface area (Å²) < 4.78 is 7.37. The van der Waals surface area contributed by atoms with Crippen molar-refractivity contribution in [1.82, 2.24) is 4.57 Å². The smallest absolute Gasteiger partial charge is 0.308 e. The van der Waals surface area contributed by atoms with Gasteiger partial charge in [-0.15, -0.1) is 0 Å². The number of benzene rings is 3. The number of thiazole rings is 1. The van der Waals surface area contributed by atoms with Gasteiger partial charge in [-0.3, -0.25) is 23.7 Å². The zero-order valence-electron chi connectivity index (χ0n) is 21.4. The Morgan fingerprint density at radius 1 is 0.976 bits per heavy atom. The molecule has 208 valence electrons. The minimum absolute atomic E-state index is 0.243. The number of methoxy groups -OCH3 is 1. The van der Waals surface area contributed by atoms with Crippen LogP contribution in [0.5, 0.6) is 5.75 Å². The molecule has 3 unspecified atom stereocenters. The summed E-state index contributed by atoms with van der Waals surface area (Å²) in [6.45, 7) is -0.243. The molecule has 0 aliphatic carbocycles. The van der Waals surface area contributed by atoms with Gasteiger partial charge in [0.2, 0.25) is 17.7 Å². The van der Waals surface area contributed by atoms with Gasteiger partial charge in [0.05, 0.1) is 23.7 Å². The van der Waals surface area contributed by atoms with Crippen molar-refractivity contribution in [2.75, 3.05) is 17.3 Å². The van der Waals surface area contributed by atoms with Crippen LogP contribution >= 0.6 is 50.6 Å². The second-order valence-corrected chi connectivity index (χ2v) is 13.0. The van der Waals surface area contributed by atoms with Crippen molar-refractivity contribution < 1.29 is 19.1 Å². The van der Waals surface area contributed by atoms with Crippen molar-refractivity contribution in [2.24, 2.45) is 5.92 Å². The number of amides is 3. The molecule has 8 nitrogen and oxygen atoms in total. The lowest BCUT2D eigenvalue weighted by Gasteiger charge is -2.30. The summed E-state index contributed by atoms with van der Waals surface area (Å²) in [6.07, 6.45) is 0. The normalized spacial score (nSPS) is 19.6. The molecular weight excluding hydrogens is 650 g/mol. The molecular formula is C29H21BrClN3O5S2. The van der Waals surface area contributed by atoms with Gasteiger partial charge in [-0.25, -0.2) is 4.90 Å². The summed E-state index contributed by atoms with van der Waals surface area (Å²) in [5, 5.41) is 3.08. The van der Waals surface area contributed by atoms with E-state index in [9.17, 15) is 19.2 Å². The number of anilines is 2.